The predicted molar refractivity (Wildman–Crippen MR) is 88.3 cm³/mol. The van der Waals surface area contributed by atoms with Crippen LogP contribution in [0.4, 0.5) is 0 Å². The van der Waals surface area contributed by atoms with E-state index in [9.17, 15) is 4.79 Å². The second-order valence-corrected chi connectivity index (χ2v) is 3.97. The summed E-state index contributed by atoms with van der Waals surface area (Å²) >= 11 is 0. The number of rotatable bonds is 7. The Kier molecular flexibility index (Phi) is 9.87. The summed E-state index contributed by atoms with van der Waals surface area (Å²) in [4.78, 5) is 15.5. The maximum atomic E-state index is 11.4. The normalized spacial score (nSPS) is 10.8. The molecule has 1 aromatic rings. The number of ether oxygens (including phenoxy) is 1. The van der Waals surface area contributed by atoms with Crippen LogP contribution in [0.15, 0.2) is 21.5 Å². The molecule has 1 heterocycles. The van der Waals surface area contributed by atoms with Crippen LogP contribution in [0.3, 0.4) is 0 Å². The van der Waals surface area contributed by atoms with Crippen LogP contribution in [-0.2, 0) is 11.3 Å². The molecular formula is C13H22IN3O3. The van der Waals surface area contributed by atoms with Crippen molar-refractivity contribution in [1.82, 2.24) is 5.32 Å². The summed E-state index contributed by atoms with van der Waals surface area (Å²) in [6.45, 7) is 5.27. The molecule has 1 aromatic heterocycles. The fraction of sp³-hybridized carbons (Fsp3) is 0.538. The number of carbonyl (C=O) groups excluding carboxylic acids is 1. The summed E-state index contributed by atoms with van der Waals surface area (Å²) in [5.74, 6) is 0.669. The molecule has 0 saturated heterocycles. The van der Waals surface area contributed by atoms with Gasteiger partial charge in [0.15, 0.2) is 5.96 Å². The molecule has 114 valence electrons. The number of nitrogens with zero attached hydrogens (tertiary/aromatic N) is 1. The number of hydrogen-bond donors (Lipinski definition) is 2. The van der Waals surface area contributed by atoms with E-state index < -0.39 is 5.97 Å². The van der Waals surface area contributed by atoms with Crippen LogP contribution in [0.2, 0.25) is 0 Å². The number of carbonyl (C=O) groups is 1. The quantitative estimate of drug-likeness (QED) is 0.243. The number of guanidine groups is 1. The van der Waals surface area contributed by atoms with Gasteiger partial charge in [-0.1, -0.05) is 13.3 Å². The Morgan fingerprint density at radius 2 is 2.20 bits per heavy atom. The first-order valence-electron chi connectivity index (χ1n) is 6.47. The number of aliphatic imine (C=N–C) groups is 1. The zero-order valence-electron chi connectivity index (χ0n) is 11.8. The highest BCUT2D eigenvalue weighted by atomic mass is 127. The fourth-order valence-electron chi connectivity index (χ4n) is 1.39. The SMILES string of the molecule is CCCCNC(N)=NCc1ccc(C(=O)OCC)o1.I. The molecule has 0 aliphatic heterocycles. The third kappa shape index (κ3) is 6.78. The van der Waals surface area contributed by atoms with E-state index in [0.717, 1.165) is 19.4 Å². The monoisotopic (exact) mass is 395 g/mol. The molecule has 0 aliphatic rings. The number of nitrogens with one attached hydrogen (secondary N) is 1. The number of hydrogen-bond acceptors (Lipinski definition) is 4. The van der Waals surface area contributed by atoms with Gasteiger partial charge in [0, 0.05) is 6.54 Å². The van der Waals surface area contributed by atoms with Crippen LogP contribution in [-0.4, -0.2) is 25.1 Å². The standard InChI is InChI=1S/C13H21N3O3.HI/c1-3-5-8-15-13(14)16-9-10-6-7-11(19-10)12(17)18-4-2;/h6-7H,3-5,8-9H2,1-2H3,(H3,14,15,16);1H. The van der Waals surface area contributed by atoms with Gasteiger partial charge in [-0.2, -0.15) is 0 Å². The highest BCUT2D eigenvalue weighted by Gasteiger charge is 2.11. The van der Waals surface area contributed by atoms with E-state index in [4.69, 9.17) is 14.9 Å². The van der Waals surface area contributed by atoms with E-state index >= 15 is 0 Å². The first-order valence-corrected chi connectivity index (χ1v) is 6.47. The number of halogens is 1. The molecule has 0 spiro atoms. The van der Waals surface area contributed by atoms with Gasteiger partial charge in [-0.25, -0.2) is 9.79 Å². The summed E-state index contributed by atoms with van der Waals surface area (Å²) in [5.41, 5.74) is 5.68. The van der Waals surface area contributed by atoms with Crippen molar-refractivity contribution in [3.05, 3.63) is 23.7 Å². The van der Waals surface area contributed by atoms with Crippen molar-refractivity contribution in [1.29, 1.82) is 0 Å². The molecule has 0 bridgehead atoms. The van der Waals surface area contributed by atoms with Crippen LogP contribution in [0.25, 0.3) is 0 Å². The van der Waals surface area contributed by atoms with Crippen LogP contribution in [0, 0.1) is 0 Å². The predicted octanol–water partition coefficient (Wildman–Crippen LogP) is 2.28. The van der Waals surface area contributed by atoms with Crippen molar-refractivity contribution in [2.24, 2.45) is 10.7 Å². The second kappa shape index (κ2) is 10.5. The molecule has 0 atom stereocenters. The zero-order chi connectivity index (χ0) is 14.1. The molecule has 7 heteroatoms. The largest absolute Gasteiger partial charge is 0.460 e. The minimum absolute atomic E-state index is 0. The Bertz CT molecular complexity index is 432. The Labute approximate surface area is 136 Å². The van der Waals surface area contributed by atoms with Gasteiger partial charge in [-0.3, -0.25) is 0 Å². The van der Waals surface area contributed by atoms with E-state index in [0.29, 0.717) is 24.9 Å². The fourth-order valence-corrected chi connectivity index (χ4v) is 1.39. The zero-order valence-corrected chi connectivity index (χ0v) is 14.2. The van der Waals surface area contributed by atoms with Crippen molar-refractivity contribution in [3.8, 4) is 0 Å². The molecule has 0 fully saturated rings. The third-order valence-corrected chi connectivity index (χ3v) is 2.38. The van der Waals surface area contributed by atoms with Crippen molar-refractivity contribution in [3.63, 3.8) is 0 Å². The number of furan rings is 1. The van der Waals surface area contributed by atoms with Gasteiger partial charge < -0.3 is 20.2 Å². The van der Waals surface area contributed by atoms with Gasteiger partial charge in [0.05, 0.1) is 6.61 Å². The van der Waals surface area contributed by atoms with Crippen molar-refractivity contribution < 1.29 is 13.9 Å². The summed E-state index contributed by atoms with van der Waals surface area (Å²) in [6.07, 6.45) is 2.14. The van der Waals surface area contributed by atoms with Gasteiger partial charge in [-0.15, -0.1) is 24.0 Å². The maximum absolute atomic E-state index is 11.4. The first-order chi connectivity index (χ1) is 9.17. The highest BCUT2D eigenvalue weighted by molar-refractivity contribution is 14.0. The second-order valence-electron chi connectivity index (χ2n) is 3.97. The van der Waals surface area contributed by atoms with Crippen LogP contribution in [0.1, 0.15) is 43.0 Å². The molecule has 0 aromatic carbocycles. The van der Waals surface area contributed by atoms with Crippen LogP contribution < -0.4 is 11.1 Å². The van der Waals surface area contributed by atoms with Gasteiger partial charge in [0.25, 0.3) is 0 Å². The topological polar surface area (TPSA) is 89.8 Å². The van der Waals surface area contributed by atoms with Crippen LogP contribution >= 0.6 is 24.0 Å². The minimum atomic E-state index is -0.466. The molecule has 0 unspecified atom stereocenters. The summed E-state index contributed by atoms with van der Waals surface area (Å²) < 4.78 is 10.1. The molecule has 20 heavy (non-hydrogen) atoms. The maximum Gasteiger partial charge on any atom is 0.374 e. The van der Waals surface area contributed by atoms with E-state index in [1.165, 1.54) is 0 Å². The van der Waals surface area contributed by atoms with Gasteiger partial charge in [0.2, 0.25) is 5.76 Å². The molecular weight excluding hydrogens is 373 g/mol. The van der Waals surface area contributed by atoms with Crippen LogP contribution in [0.5, 0.6) is 0 Å². The number of nitrogens with two attached hydrogens (primary N) is 1. The van der Waals surface area contributed by atoms with E-state index in [1.54, 1.807) is 19.1 Å². The molecule has 0 radical (unpaired) electrons. The van der Waals surface area contributed by atoms with E-state index in [-0.39, 0.29) is 29.7 Å². The number of esters is 1. The van der Waals surface area contributed by atoms with E-state index in [1.807, 2.05) is 0 Å². The Morgan fingerprint density at radius 1 is 1.45 bits per heavy atom. The van der Waals surface area contributed by atoms with Crippen molar-refractivity contribution in [2.75, 3.05) is 13.2 Å². The lowest BCUT2D eigenvalue weighted by Gasteiger charge is -2.03. The Balaban J connectivity index is 0.00000361. The van der Waals surface area contributed by atoms with Gasteiger partial charge in [0.1, 0.15) is 12.3 Å². The molecule has 1 rings (SSSR count). The smallest absolute Gasteiger partial charge is 0.374 e. The summed E-state index contributed by atoms with van der Waals surface area (Å²) in [6, 6.07) is 3.26. The first kappa shape index (κ1) is 18.8. The molecule has 0 saturated carbocycles. The average molecular weight is 395 g/mol. The Morgan fingerprint density at radius 3 is 2.85 bits per heavy atom. The molecule has 3 N–H and O–H groups in total. The lowest BCUT2D eigenvalue weighted by molar-refractivity contribution is 0.0488. The lowest BCUT2D eigenvalue weighted by Crippen LogP contribution is -2.32. The van der Waals surface area contributed by atoms with Gasteiger partial charge in [-0.05, 0) is 25.5 Å². The molecule has 0 aliphatic carbocycles. The summed E-state index contributed by atoms with van der Waals surface area (Å²) in [7, 11) is 0. The third-order valence-electron chi connectivity index (χ3n) is 2.38. The van der Waals surface area contributed by atoms with E-state index in [2.05, 4.69) is 17.2 Å². The summed E-state index contributed by atoms with van der Waals surface area (Å²) in [5, 5.41) is 3.00. The average Bonchev–Trinajstić information content (AvgIpc) is 2.86. The molecule has 6 nitrogen and oxygen atoms in total. The van der Waals surface area contributed by atoms with Crippen molar-refractivity contribution >= 4 is 35.9 Å². The Hall–Kier alpha value is -1.25. The minimum Gasteiger partial charge on any atom is -0.460 e. The lowest BCUT2D eigenvalue weighted by atomic mass is 10.3. The van der Waals surface area contributed by atoms with Crippen molar-refractivity contribution in [2.45, 2.75) is 33.2 Å². The highest BCUT2D eigenvalue weighted by Crippen LogP contribution is 2.10. The number of unbranched alkanes of at least 4 members (excludes halogenated alkanes) is 1. The molecule has 0 amide bonds. The van der Waals surface area contributed by atoms with Gasteiger partial charge >= 0.3 is 5.97 Å².